The normalized spacial score (nSPS) is 6.43. The Hall–Kier alpha value is 0.763. The summed E-state index contributed by atoms with van der Waals surface area (Å²) in [4.78, 5) is 0. The fourth-order valence-corrected chi connectivity index (χ4v) is 0.144. The molecule has 1 nitrogen and oxygen atoms in total. The molecule has 4 heteroatoms. The predicted molar refractivity (Wildman–Crippen MR) is 34.6 cm³/mol. The second kappa shape index (κ2) is 6.76. The average molecular weight is 185 g/mol. The molecule has 0 saturated heterocycles. The molecule has 36 valence electrons. The van der Waals surface area contributed by atoms with Gasteiger partial charge in [0.25, 0.3) is 0 Å². The van der Waals surface area contributed by atoms with Crippen molar-refractivity contribution in [3.05, 3.63) is 12.7 Å². The second-order valence-corrected chi connectivity index (χ2v) is 2.01. The van der Waals surface area contributed by atoms with Crippen LogP contribution in [0.25, 0.3) is 0 Å². The van der Waals surface area contributed by atoms with Crippen LogP contribution in [0.1, 0.15) is 0 Å². The first-order valence-corrected chi connectivity index (χ1v) is 2.63. The van der Waals surface area contributed by atoms with Crippen LogP contribution < -0.4 is 5.14 Å². The van der Waals surface area contributed by atoms with Crippen LogP contribution in [0.15, 0.2) is 12.7 Å². The molecule has 0 aromatic rings. The van der Waals surface area contributed by atoms with Gasteiger partial charge in [0.05, 0.1) is 4.20 Å². The van der Waals surface area contributed by atoms with Gasteiger partial charge in [-0.25, -0.2) is 0 Å². The Kier molecular flexibility index (Phi) is 10.3. The maximum Gasteiger partial charge on any atom is 0.0849 e. The summed E-state index contributed by atoms with van der Waals surface area (Å²) in [6.07, 6.45) is 1.54. The van der Waals surface area contributed by atoms with Crippen molar-refractivity contribution in [2.45, 2.75) is 0 Å². The largest absolute Gasteiger partial charge is 0.273 e. The second-order valence-electron chi connectivity index (χ2n) is 0.641. The Bertz CT molecular complexity index is 73.3. The van der Waals surface area contributed by atoms with E-state index in [1.54, 1.807) is 6.08 Å². The molecule has 0 amide bonds. The summed E-state index contributed by atoms with van der Waals surface area (Å²) in [5, 5.41) is 4.99. The molecule has 0 unspecified atom stereocenters. The maximum absolute atomic E-state index is 4.99. The molecule has 0 radical (unpaired) electrons. The number of hydrogen-bond acceptors (Lipinski definition) is 3. The Morgan fingerprint density at radius 1 is 1.86 bits per heavy atom. The van der Waals surface area contributed by atoms with Crippen molar-refractivity contribution in [2.75, 3.05) is 0 Å². The summed E-state index contributed by atoms with van der Waals surface area (Å²) in [6, 6.07) is 0. The zero-order valence-corrected chi connectivity index (χ0v) is 8.49. The summed E-state index contributed by atoms with van der Waals surface area (Å²) in [6.45, 7) is 3.39. The summed E-state index contributed by atoms with van der Waals surface area (Å²) in [5.41, 5.74) is 0. The first-order chi connectivity index (χ1) is 2.81. The van der Waals surface area contributed by atoms with E-state index in [0.717, 1.165) is 11.9 Å². The molecule has 0 aromatic carbocycles. The number of rotatable bonds is 1. The van der Waals surface area contributed by atoms with Gasteiger partial charge in [-0.05, 0) is 18.0 Å². The minimum Gasteiger partial charge on any atom is -0.273 e. The van der Waals surface area contributed by atoms with Crippen molar-refractivity contribution in [2.24, 2.45) is 5.14 Å². The molecule has 2 N–H and O–H groups in total. The van der Waals surface area contributed by atoms with Crippen molar-refractivity contribution < 1.29 is 19.5 Å². The van der Waals surface area contributed by atoms with Crippen molar-refractivity contribution in [3.63, 3.8) is 0 Å². The molecule has 7 heavy (non-hydrogen) atoms. The van der Waals surface area contributed by atoms with Gasteiger partial charge < -0.3 is 0 Å². The summed E-state index contributed by atoms with van der Waals surface area (Å²) < 4.78 is 0.634. The molecule has 0 aliphatic heterocycles. The third-order valence-corrected chi connectivity index (χ3v) is 1.14. The predicted octanol–water partition coefficient (Wildman–Crippen LogP) is 1.10. The molecule has 0 saturated carbocycles. The van der Waals surface area contributed by atoms with Gasteiger partial charge in [0, 0.05) is 19.5 Å². The summed E-state index contributed by atoms with van der Waals surface area (Å²) in [7, 11) is 0. The van der Waals surface area contributed by atoms with Crippen LogP contribution in [0.3, 0.4) is 0 Å². The summed E-state index contributed by atoms with van der Waals surface area (Å²) >= 11 is 5.61. The third kappa shape index (κ3) is 6.76. The van der Waals surface area contributed by atoms with Crippen LogP contribution in [-0.2, 0) is 19.5 Å². The van der Waals surface area contributed by atoms with Crippen LogP contribution in [0.2, 0.25) is 0 Å². The van der Waals surface area contributed by atoms with Gasteiger partial charge in [-0.15, -0.1) is 0 Å². The third-order valence-electron chi connectivity index (χ3n) is 0.283. The van der Waals surface area contributed by atoms with E-state index in [1.165, 1.54) is 0 Å². The smallest absolute Gasteiger partial charge is 0.0849 e. The molecule has 0 atom stereocenters. The molecular formula is C3H5NS2Zn. The first-order valence-electron chi connectivity index (χ1n) is 1.34. The van der Waals surface area contributed by atoms with Gasteiger partial charge in [-0.3, -0.25) is 5.14 Å². The number of nitrogens with two attached hydrogens (primary N) is 1. The van der Waals surface area contributed by atoms with Gasteiger partial charge in [0.2, 0.25) is 0 Å². The van der Waals surface area contributed by atoms with Gasteiger partial charge in [0.1, 0.15) is 0 Å². The van der Waals surface area contributed by atoms with Gasteiger partial charge in [0.15, 0.2) is 0 Å². The van der Waals surface area contributed by atoms with Crippen molar-refractivity contribution in [3.8, 4) is 0 Å². The fourth-order valence-electron chi connectivity index (χ4n) is 0.0481. The molecule has 0 rings (SSSR count). The van der Waals surface area contributed by atoms with Crippen LogP contribution in [0.4, 0.5) is 0 Å². The molecule has 0 aliphatic carbocycles. The topological polar surface area (TPSA) is 26.0 Å². The Morgan fingerprint density at radius 2 is 2.29 bits per heavy atom. The zero-order valence-electron chi connectivity index (χ0n) is 3.89. The summed E-state index contributed by atoms with van der Waals surface area (Å²) in [5.74, 6) is 0. The van der Waals surface area contributed by atoms with Gasteiger partial charge in [-0.2, -0.15) is 0 Å². The van der Waals surface area contributed by atoms with E-state index in [9.17, 15) is 0 Å². The Labute approximate surface area is 65.6 Å². The minimum atomic E-state index is 0. The molecule has 0 bridgehead atoms. The van der Waals surface area contributed by atoms with Crippen LogP contribution in [0.5, 0.6) is 0 Å². The van der Waals surface area contributed by atoms with Crippen molar-refractivity contribution >= 4 is 28.4 Å². The quantitative estimate of drug-likeness (QED) is 0.286. The Balaban J connectivity index is 0. The van der Waals surface area contributed by atoms with Crippen molar-refractivity contribution in [1.29, 1.82) is 0 Å². The van der Waals surface area contributed by atoms with Crippen LogP contribution in [-0.4, -0.2) is 4.20 Å². The molecule has 0 spiro atoms. The maximum atomic E-state index is 4.99. The van der Waals surface area contributed by atoms with E-state index in [1.807, 2.05) is 0 Å². The van der Waals surface area contributed by atoms with Crippen LogP contribution in [0, 0.1) is 0 Å². The first kappa shape index (κ1) is 10.7. The van der Waals surface area contributed by atoms with E-state index >= 15 is 0 Å². The fraction of sp³-hybridized carbons (Fsp3) is 0. The molecule has 0 heterocycles. The van der Waals surface area contributed by atoms with Gasteiger partial charge >= 0.3 is 0 Å². The van der Waals surface area contributed by atoms with Gasteiger partial charge in [-0.1, -0.05) is 18.8 Å². The molecule has 0 aromatic heterocycles. The molecule has 0 aliphatic rings. The van der Waals surface area contributed by atoms with E-state index < -0.39 is 0 Å². The van der Waals surface area contributed by atoms with Crippen molar-refractivity contribution in [1.82, 2.24) is 0 Å². The number of thiocarbonyl (C=S) groups is 1. The standard InChI is InChI=1S/C3H5NS2.Zn/c1-2-3(5)6-4;/h2H,1,4H2;. The monoisotopic (exact) mass is 183 g/mol. The SMILES string of the molecule is C=CC(=S)SN.[Zn]. The Morgan fingerprint density at radius 3 is 2.29 bits per heavy atom. The minimum absolute atomic E-state index is 0. The molecule has 0 fully saturated rings. The van der Waals surface area contributed by atoms with E-state index in [4.69, 9.17) is 5.14 Å². The average Bonchev–Trinajstić information content (AvgIpc) is 1.65. The van der Waals surface area contributed by atoms with E-state index in [-0.39, 0.29) is 19.5 Å². The molecular weight excluding hydrogens is 180 g/mol. The number of hydrogen-bond donors (Lipinski definition) is 1. The van der Waals surface area contributed by atoms with E-state index in [2.05, 4.69) is 18.8 Å². The van der Waals surface area contributed by atoms with E-state index in [0.29, 0.717) is 4.20 Å². The zero-order chi connectivity index (χ0) is 4.99. The van der Waals surface area contributed by atoms with Crippen LogP contribution >= 0.6 is 24.2 Å².